The quantitative estimate of drug-likeness (QED) is 0.634. The van der Waals surface area contributed by atoms with E-state index < -0.39 is 0 Å². The average Bonchev–Trinajstić information content (AvgIpc) is 3.11. The van der Waals surface area contributed by atoms with E-state index in [1.54, 1.807) is 17.1 Å². The number of carbonyl (C=O) groups is 2. The molecule has 0 saturated carbocycles. The highest BCUT2D eigenvalue weighted by Crippen LogP contribution is 2.19. The van der Waals surface area contributed by atoms with Gasteiger partial charge in [-0.05, 0) is 48.4 Å². The van der Waals surface area contributed by atoms with E-state index in [0.717, 1.165) is 27.0 Å². The SMILES string of the molecule is Cc1cc(Br)ccc1NC(=O)CNC(=O)Cc1cnn(-c2ccccc2)c1. The summed E-state index contributed by atoms with van der Waals surface area (Å²) in [6.07, 6.45) is 3.62. The Morgan fingerprint density at radius 2 is 1.89 bits per heavy atom. The lowest BCUT2D eigenvalue weighted by Gasteiger charge is -2.09. The largest absolute Gasteiger partial charge is 0.347 e. The molecule has 0 radical (unpaired) electrons. The Labute approximate surface area is 165 Å². The van der Waals surface area contributed by atoms with Gasteiger partial charge in [0.05, 0.1) is 24.8 Å². The first-order chi connectivity index (χ1) is 13.0. The molecule has 2 N–H and O–H groups in total. The van der Waals surface area contributed by atoms with Gasteiger partial charge in [-0.15, -0.1) is 0 Å². The molecule has 0 unspecified atom stereocenters. The summed E-state index contributed by atoms with van der Waals surface area (Å²) in [7, 11) is 0. The number of halogens is 1. The molecule has 0 saturated heterocycles. The molecule has 0 bridgehead atoms. The van der Waals surface area contributed by atoms with Gasteiger partial charge in [0.1, 0.15) is 0 Å². The standard InChI is InChI=1S/C20H19BrN4O2/c1-14-9-16(21)7-8-18(14)24-20(27)12-22-19(26)10-15-11-23-25(13-15)17-5-3-2-4-6-17/h2-9,11,13H,10,12H2,1H3,(H,22,26)(H,24,27). The van der Waals surface area contributed by atoms with Crippen LogP contribution in [0.3, 0.4) is 0 Å². The summed E-state index contributed by atoms with van der Waals surface area (Å²) in [5.41, 5.74) is 3.37. The Kier molecular flexibility index (Phi) is 6.03. The highest BCUT2D eigenvalue weighted by Gasteiger charge is 2.10. The van der Waals surface area contributed by atoms with E-state index in [-0.39, 0.29) is 24.8 Å². The fourth-order valence-electron chi connectivity index (χ4n) is 2.56. The van der Waals surface area contributed by atoms with Crippen molar-refractivity contribution in [2.75, 3.05) is 11.9 Å². The highest BCUT2D eigenvalue weighted by atomic mass is 79.9. The number of hydrogen-bond acceptors (Lipinski definition) is 3. The number of nitrogens with zero attached hydrogens (tertiary/aromatic N) is 2. The zero-order valence-electron chi connectivity index (χ0n) is 14.8. The fourth-order valence-corrected chi connectivity index (χ4v) is 3.04. The van der Waals surface area contributed by atoms with Crippen LogP contribution < -0.4 is 10.6 Å². The molecule has 0 aliphatic heterocycles. The maximum Gasteiger partial charge on any atom is 0.243 e. The molecule has 2 aromatic carbocycles. The van der Waals surface area contributed by atoms with Crippen LogP contribution in [0.4, 0.5) is 5.69 Å². The normalized spacial score (nSPS) is 10.4. The van der Waals surface area contributed by atoms with Crippen LogP contribution in [-0.2, 0) is 16.0 Å². The van der Waals surface area contributed by atoms with Crippen molar-refractivity contribution in [1.82, 2.24) is 15.1 Å². The van der Waals surface area contributed by atoms with Crippen molar-refractivity contribution >= 4 is 33.4 Å². The summed E-state index contributed by atoms with van der Waals surface area (Å²) in [5, 5.41) is 9.69. The number of rotatable bonds is 6. The summed E-state index contributed by atoms with van der Waals surface area (Å²) >= 11 is 3.38. The lowest BCUT2D eigenvalue weighted by atomic mass is 10.2. The summed E-state index contributed by atoms with van der Waals surface area (Å²) in [5.74, 6) is -0.501. The number of carbonyl (C=O) groups excluding carboxylic acids is 2. The number of amides is 2. The van der Waals surface area contributed by atoms with Crippen molar-refractivity contribution in [3.8, 4) is 5.69 Å². The van der Waals surface area contributed by atoms with Gasteiger partial charge in [-0.25, -0.2) is 4.68 Å². The first-order valence-corrected chi connectivity index (χ1v) is 9.22. The monoisotopic (exact) mass is 426 g/mol. The molecule has 7 heteroatoms. The fraction of sp³-hybridized carbons (Fsp3) is 0.150. The molecule has 3 rings (SSSR count). The third kappa shape index (κ3) is 5.27. The first-order valence-electron chi connectivity index (χ1n) is 8.43. The van der Waals surface area contributed by atoms with Crippen LogP contribution in [0, 0.1) is 6.92 Å². The molecule has 27 heavy (non-hydrogen) atoms. The lowest BCUT2D eigenvalue weighted by Crippen LogP contribution is -2.33. The summed E-state index contributed by atoms with van der Waals surface area (Å²) in [6.45, 7) is 1.82. The molecule has 6 nitrogen and oxygen atoms in total. The van der Waals surface area contributed by atoms with Gasteiger partial charge in [-0.1, -0.05) is 34.1 Å². The van der Waals surface area contributed by atoms with Crippen molar-refractivity contribution in [1.29, 1.82) is 0 Å². The second kappa shape index (κ2) is 8.64. The van der Waals surface area contributed by atoms with Crippen LogP contribution in [-0.4, -0.2) is 28.1 Å². The third-order valence-electron chi connectivity index (χ3n) is 3.93. The van der Waals surface area contributed by atoms with Crippen LogP contribution in [0.15, 0.2) is 65.4 Å². The van der Waals surface area contributed by atoms with Crippen molar-refractivity contribution in [3.63, 3.8) is 0 Å². The Balaban J connectivity index is 1.49. The van der Waals surface area contributed by atoms with E-state index >= 15 is 0 Å². The Bertz CT molecular complexity index is 954. The maximum atomic E-state index is 12.1. The van der Waals surface area contributed by atoms with E-state index in [0.29, 0.717) is 0 Å². The van der Waals surface area contributed by atoms with Gasteiger partial charge in [0, 0.05) is 16.4 Å². The Morgan fingerprint density at radius 1 is 1.11 bits per heavy atom. The summed E-state index contributed by atoms with van der Waals surface area (Å²) in [4.78, 5) is 24.1. The van der Waals surface area contributed by atoms with Gasteiger partial charge in [-0.3, -0.25) is 9.59 Å². The third-order valence-corrected chi connectivity index (χ3v) is 4.42. The predicted octanol–water partition coefficient (Wildman–Crippen LogP) is 3.24. The molecular weight excluding hydrogens is 408 g/mol. The van der Waals surface area contributed by atoms with E-state index in [4.69, 9.17) is 0 Å². The number of aryl methyl sites for hydroxylation is 1. The molecule has 0 fully saturated rings. The van der Waals surface area contributed by atoms with Gasteiger partial charge in [0.15, 0.2) is 0 Å². The highest BCUT2D eigenvalue weighted by molar-refractivity contribution is 9.10. The zero-order valence-corrected chi connectivity index (χ0v) is 16.4. The maximum absolute atomic E-state index is 12.1. The molecule has 3 aromatic rings. The summed E-state index contributed by atoms with van der Waals surface area (Å²) < 4.78 is 2.66. The van der Waals surface area contributed by atoms with Gasteiger partial charge in [0.2, 0.25) is 11.8 Å². The molecule has 0 atom stereocenters. The second-order valence-corrected chi connectivity index (χ2v) is 7.01. The topological polar surface area (TPSA) is 76.0 Å². The molecular formula is C20H19BrN4O2. The van der Waals surface area contributed by atoms with Crippen molar-refractivity contribution in [3.05, 3.63) is 76.5 Å². The van der Waals surface area contributed by atoms with E-state index in [2.05, 4.69) is 31.7 Å². The number of anilines is 1. The Morgan fingerprint density at radius 3 is 2.63 bits per heavy atom. The van der Waals surface area contributed by atoms with Gasteiger partial charge >= 0.3 is 0 Å². The molecule has 1 aromatic heterocycles. The van der Waals surface area contributed by atoms with Crippen molar-refractivity contribution in [2.24, 2.45) is 0 Å². The van der Waals surface area contributed by atoms with Gasteiger partial charge in [-0.2, -0.15) is 5.10 Å². The second-order valence-electron chi connectivity index (χ2n) is 6.09. The van der Waals surface area contributed by atoms with Gasteiger partial charge in [0.25, 0.3) is 0 Å². The Hall–Kier alpha value is -2.93. The number of para-hydroxylation sites is 1. The van der Waals surface area contributed by atoms with Crippen LogP contribution >= 0.6 is 15.9 Å². The molecule has 0 aliphatic carbocycles. The van der Waals surface area contributed by atoms with E-state index in [1.165, 1.54) is 0 Å². The minimum Gasteiger partial charge on any atom is -0.347 e. The predicted molar refractivity (Wildman–Crippen MR) is 108 cm³/mol. The average molecular weight is 427 g/mol. The number of nitrogens with one attached hydrogen (secondary N) is 2. The van der Waals surface area contributed by atoms with Crippen molar-refractivity contribution in [2.45, 2.75) is 13.3 Å². The molecule has 1 heterocycles. The molecule has 138 valence electrons. The smallest absolute Gasteiger partial charge is 0.243 e. The number of benzene rings is 2. The van der Waals surface area contributed by atoms with Crippen LogP contribution in [0.1, 0.15) is 11.1 Å². The van der Waals surface area contributed by atoms with Crippen molar-refractivity contribution < 1.29 is 9.59 Å². The minimum atomic E-state index is -0.270. The lowest BCUT2D eigenvalue weighted by molar-refractivity contribution is -0.123. The van der Waals surface area contributed by atoms with E-state index in [1.807, 2.05) is 55.5 Å². The van der Waals surface area contributed by atoms with Crippen LogP contribution in [0.5, 0.6) is 0 Å². The number of hydrogen-bond donors (Lipinski definition) is 2. The summed E-state index contributed by atoms with van der Waals surface area (Å²) in [6, 6.07) is 15.2. The number of aromatic nitrogens is 2. The van der Waals surface area contributed by atoms with Crippen LogP contribution in [0.2, 0.25) is 0 Å². The first kappa shape index (κ1) is 18.8. The minimum absolute atomic E-state index is 0.0822. The van der Waals surface area contributed by atoms with Crippen LogP contribution in [0.25, 0.3) is 5.69 Å². The van der Waals surface area contributed by atoms with E-state index in [9.17, 15) is 9.59 Å². The molecule has 0 spiro atoms. The van der Waals surface area contributed by atoms with Gasteiger partial charge < -0.3 is 10.6 Å². The molecule has 2 amide bonds. The molecule has 0 aliphatic rings. The zero-order chi connectivity index (χ0) is 19.2.